The molecule has 1 rings (SSSR count). The Labute approximate surface area is 99.6 Å². The highest BCUT2D eigenvalue weighted by Crippen LogP contribution is 2.35. The molecule has 3 heteroatoms. The van der Waals surface area contributed by atoms with Crippen LogP contribution in [0.15, 0.2) is 0 Å². The first-order valence-electron chi connectivity index (χ1n) is 6.56. The lowest BCUT2D eigenvalue weighted by Crippen LogP contribution is -2.33. The van der Waals surface area contributed by atoms with E-state index in [1.54, 1.807) is 0 Å². The van der Waals surface area contributed by atoms with Crippen LogP contribution in [0.25, 0.3) is 0 Å². The van der Waals surface area contributed by atoms with Crippen LogP contribution >= 0.6 is 0 Å². The predicted octanol–water partition coefficient (Wildman–Crippen LogP) is 1.66. The molecule has 0 bridgehead atoms. The van der Waals surface area contributed by atoms with Gasteiger partial charge in [-0.2, -0.15) is 0 Å². The van der Waals surface area contributed by atoms with Gasteiger partial charge in [0.15, 0.2) is 0 Å². The molecule has 1 fully saturated rings. The van der Waals surface area contributed by atoms with Gasteiger partial charge >= 0.3 is 0 Å². The molecular formula is C13H27NO2. The number of nitrogens with one attached hydrogen (secondary N) is 1. The maximum atomic E-state index is 9.64. The second-order valence-electron chi connectivity index (χ2n) is 5.56. The molecule has 16 heavy (non-hydrogen) atoms. The molecule has 1 saturated carbocycles. The van der Waals surface area contributed by atoms with Crippen molar-refractivity contribution in [1.29, 1.82) is 0 Å². The highest BCUT2D eigenvalue weighted by Gasteiger charge is 2.27. The quantitative estimate of drug-likeness (QED) is 0.632. The normalized spacial score (nSPS) is 20.1. The van der Waals surface area contributed by atoms with Gasteiger partial charge in [-0.25, -0.2) is 0 Å². The van der Waals surface area contributed by atoms with Crippen LogP contribution in [0.2, 0.25) is 0 Å². The van der Waals surface area contributed by atoms with Gasteiger partial charge in [-0.15, -0.1) is 0 Å². The summed E-state index contributed by atoms with van der Waals surface area (Å²) in [5, 5.41) is 13.0. The number of ether oxygens (including phenoxy) is 1. The molecule has 0 aromatic rings. The van der Waals surface area contributed by atoms with Gasteiger partial charge in [-0.3, -0.25) is 0 Å². The number of hydrogen-bond acceptors (Lipinski definition) is 3. The van der Waals surface area contributed by atoms with Crippen molar-refractivity contribution in [3.8, 4) is 0 Å². The summed E-state index contributed by atoms with van der Waals surface area (Å²) in [6, 6.07) is 0. The summed E-state index contributed by atoms with van der Waals surface area (Å²) < 4.78 is 5.38. The lowest BCUT2D eigenvalue weighted by Gasteiger charge is -2.15. The van der Waals surface area contributed by atoms with Gasteiger partial charge in [0.25, 0.3) is 0 Å². The Morgan fingerprint density at radius 3 is 2.44 bits per heavy atom. The molecule has 2 N–H and O–H groups in total. The summed E-state index contributed by atoms with van der Waals surface area (Å²) in [5.74, 6) is 2.22. The monoisotopic (exact) mass is 229 g/mol. The first kappa shape index (κ1) is 13.9. The Balaban J connectivity index is 1.90. The zero-order chi connectivity index (χ0) is 12.0. The Morgan fingerprint density at radius 1 is 1.19 bits per heavy atom. The smallest absolute Gasteiger partial charge is 0.0897 e. The lowest BCUT2D eigenvalue weighted by atomic mass is 10.1. The topological polar surface area (TPSA) is 41.5 Å². The van der Waals surface area contributed by atoms with E-state index in [1.165, 1.54) is 12.8 Å². The van der Waals surface area contributed by atoms with E-state index in [4.69, 9.17) is 4.74 Å². The zero-order valence-electron chi connectivity index (χ0n) is 10.9. The molecule has 0 heterocycles. The van der Waals surface area contributed by atoms with Crippen LogP contribution in [0.5, 0.6) is 0 Å². The minimum atomic E-state index is -0.370. The molecule has 0 radical (unpaired) electrons. The van der Waals surface area contributed by atoms with Gasteiger partial charge in [-0.05, 0) is 37.1 Å². The molecule has 1 aliphatic rings. The van der Waals surface area contributed by atoms with Crippen molar-refractivity contribution in [1.82, 2.24) is 5.32 Å². The van der Waals surface area contributed by atoms with E-state index in [2.05, 4.69) is 26.1 Å². The van der Waals surface area contributed by atoms with Crippen LogP contribution in [-0.2, 0) is 4.74 Å². The fourth-order valence-corrected chi connectivity index (χ4v) is 1.81. The van der Waals surface area contributed by atoms with Crippen molar-refractivity contribution < 1.29 is 9.84 Å². The van der Waals surface area contributed by atoms with Gasteiger partial charge in [0.05, 0.1) is 12.7 Å². The maximum Gasteiger partial charge on any atom is 0.0897 e. The highest BCUT2D eigenvalue weighted by molar-refractivity contribution is 4.80. The first-order valence-corrected chi connectivity index (χ1v) is 6.56. The summed E-state index contributed by atoms with van der Waals surface area (Å²) in [4.78, 5) is 0. The summed E-state index contributed by atoms with van der Waals surface area (Å²) in [7, 11) is 0. The SMILES string of the molecule is CC(C)COCC(O)CNCC(C)C1CC1. The maximum absolute atomic E-state index is 9.64. The lowest BCUT2D eigenvalue weighted by molar-refractivity contribution is 0.0258. The van der Waals surface area contributed by atoms with Gasteiger partial charge in [-0.1, -0.05) is 20.8 Å². The van der Waals surface area contributed by atoms with E-state index >= 15 is 0 Å². The van der Waals surface area contributed by atoms with Crippen molar-refractivity contribution in [2.24, 2.45) is 17.8 Å². The van der Waals surface area contributed by atoms with Crippen LogP contribution < -0.4 is 5.32 Å². The number of rotatable bonds is 9. The van der Waals surface area contributed by atoms with Crippen LogP contribution in [0.1, 0.15) is 33.6 Å². The summed E-state index contributed by atoms with van der Waals surface area (Å²) in [6.07, 6.45) is 2.41. The van der Waals surface area contributed by atoms with E-state index in [9.17, 15) is 5.11 Å². The average molecular weight is 229 g/mol. The number of aliphatic hydroxyl groups excluding tert-OH is 1. The predicted molar refractivity (Wildman–Crippen MR) is 66.4 cm³/mol. The molecule has 0 aliphatic heterocycles. The molecule has 1 aliphatic carbocycles. The van der Waals surface area contributed by atoms with Crippen LogP contribution in [0.4, 0.5) is 0 Å². The molecule has 0 saturated heterocycles. The standard InChI is InChI=1S/C13H27NO2/c1-10(2)8-16-9-13(15)7-14-6-11(3)12-4-5-12/h10-15H,4-9H2,1-3H3. The van der Waals surface area contributed by atoms with Crippen molar-refractivity contribution in [2.45, 2.75) is 39.7 Å². The summed E-state index contributed by atoms with van der Waals surface area (Å²) >= 11 is 0. The second kappa shape index (κ2) is 7.25. The molecule has 0 amide bonds. The molecule has 0 aromatic carbocycles. The molecule has 0 aromatic heterocycles. The van der Waals surface area contributed by atoms with Gasteiger partial charge < -0.3 is 15.2 Å². The zero-order valence-corrected chi connectivity index (χ0v) is 10.9. The van der Waals surface area contributed by atoms with E-state index in [0.29, 0.717) is 19.1 Å². The van der Waals surface area contributed by atoms with Crippen LogP contribution in [-0.4, -0.2) is 37.5 Å². The molecule has 2 atom stereocenters. The van der Waals surface area contributed by atoms with Crippen LogP contribution in [0, 0.1) is 17.8 Å². The average Bonchev–Trinajstić information content (AvgIpc) is 2.99. The van der Waals surface area contributed by atoms with Crippen molar-refractivity contribution in [2.75, 3.05) is 26.3 Å². The molecule has 0 spiro atoms. The number of aliphatic hydroxyl groups is 1. The Bertz CT molecular complexity index is 181. The van der Waals surface area contributed by atoms with Gasteiger partial charge in [0, 0.05) is 13.2 Å². The third-order valence-corrected chi connectivity index (χ3v) is 3.03. The minimum absolute atomic E-state index is 0.370. The van der Waals surface area contributed by atoms with Crippen molar-refractivity contribution in [3.05, 3.63) is 0 Å². The third-order valence-electron chi connectivity index (χ3n) is 3.03. The fourth-order valence-electron chi connectivity index (χ4n) is 1.81. The Morgan fingerprint density at radius 2 is 1.88 bits per heavy atom. The van der Waals surface area contributed by atoms with Crippen molar-refractivity contribution in [3.63, 3.8) is 0 Å². The second-order valence-corrected chi connectivity index (χ2v) is 5.56. The largest absolute Gasteiger partial charge is 0.389 e. The van der Waals surface area contributed by atoms with Crippen molar-refractivity contribution >= 4 is 0 Å². The van der Waals surface area contributed by atoms with Crippen LogP contribution in [0.3, 0.4) is 0 Å². The fraction of sp³-hybridized carbons (Fsp3) is 1.00. The van der Waals surface area contributed by atoms with E-state index in [-0.39, 0.29) is 6.10 Å². The first-order chi connectivity index (χ1) is 7.59. The highest BCUT2D eigenvalue weighted by atomic mass is 16.5. The van der Waals surface area contributed by atoms with E-state index in [0.717, 1.165) is 25.0 Å². The summed E-state index contributed by atoms with van der Waals surface area (Å²) in [5.41, 5.74) is 0. The molecular weight excluding hydrogens is 202 g/mol. The minimum Gasteiger partial charge on any atom is -0.389 e. The summed E-state index contributed by atoms with van der Waals surface area (Å²) in [6.45, 7) is 9.36. The van der Waals surface area contributed by atoms with E-state index in [1.807, 2.05) is 0 Å². The van der Waals surface area contributed by atoms with Gasteiger partial charge in [0.1, 0.15) is 0 Å². The van der Waals surface area contributed by atoms with E-state index < -0.39 is 0 Å². The van der Waals surface area contributed by atoms with Gasteiger partial charge in [0.2, 0.25) is 0 Å². The number of hydrogen-bond donors (Lipinski definition) is 2. The third kappa shape index (κ3) is 6.46. The Hall–Kier alpha value is -0.120. The molecule has 96 valence electrons. The molecule has 3 nitrogen and oxygen atoms in total. The Kier molecular flexibility index (Phi) is 6.32. The molecule has 2 unspecified atom stereocenters.